The molecule has 3 nitrogen and oxygen atoms in total. The average molecular weight is 257 g/mol. The highest BCUT2D eigenvalue weighted by molar-refractivity contribution is 9.10. The third-order valence-electron chi connectivity index (χ3n) is 1.86. The van der Waals surface area contributed by atoms with Gasteiger partial charge in [0.25, 0.3) is 0 Å². The van der Waals surface area contributed by atoms with Gasteiger partial charge in [0.15, 0.2) is 4.67 Å². The zero-order valence-corrected chi connectivity index (χ0v) is 9.91. The fraction of sp³-hybridized carbons (Fsp3) is 0.500. The molecule has 0 spiro atoms. The lowest BCUT2D eigenvalue weighted by Crippen LogP contribution is -2.23. The number of nitriles is 1. The van der Waals surface area contributed by atoms with Gasteiger partial charge in [0.1, 0.15) is 5.76 Å². The fourth-order valence-corrected chi connectivity index (χ4v) is 1.62. The van der Waals surface area contributed by atoms with E-state index < -0.39 is 0 Å². The zero-order chi connectivity index (χ0) is 10.6. The number of halogens is 1. The molecule has 0 N–H and O–H groups in total. The summed E-state index contributed by atoms with van der Waals surface area (Å²) in [6.45, 7) is 3.40. The van der Waals surface area contributed by atoms with Crippen LogP contribution in [0.5, 0.6) is 0 Å². The minimum absolute atomic E-state index is 0.0541. The van der Waals surface area contributed by atoms with Gasteiger partial charge in [-0.25, -0.2) is 0 Å². The monoisotopic (exact) mass is 256 g/mol. The zero-order valence-electron chi connectivity index (χ0n) is 8.33. The Morgan fingerprint density at radius 1 is 1.64 bits per heavy atom. The van der Waals surface area contributed by atoms with Gasteiger partial charge in [0.05, 0.1) is 18.5 Å². The van der Waals surface area contributed by atoms with Crippen molar-refractivity contribution in [1.82, 2.24) is 4.90 Å². The molecular formula is C10H13BrN2O. The molecule has 0 aliphatic carbocycles. The van der Waals surface area contributed by atoms with Crippen molar-refractivity contribution >= 4 is 15.9 Å². The summed E-state index contributed by atoms with van der Waals surface area (Å²) in [5, 5.41) is 8.65. The molecule has 0 radical (unpaired) electrons. The molecule has 0 aliphatic heterocycles. The van der Waals surface area contributed by atoms with Crippen LogP contribution in [-0.4, -0.2) is 18.5 Å². The molecule has 1 aromatic rings. The second kappa shape index (κ2) is 5.18. The number of hydrogen-bond donors (Lipinski definition) is 0. The van der Waals surface area contributed by atoms with Crippen LogP contribution in [0.3, 0.4) is 0 Å². The topological polar surface area (TPSA) is 40.2 Å². The van der Waals surface area contributed by atoms with Crippen LogP contribution in [0.2, 0.25) is 0 Å². The van der Waals surface area contributed by atoms with E-state index in [0.29, 0.717) is 0 Å². The standard InChI is InChI=1S/C10H13BrN2O/c1-8(5-12)6-13(2)7-9-3-4-10(11)14-9/h3-4,8H,6-7H2,1-2H3. The van der Waals surface area contributed by atoms with Gasteiger partial charge < -0.3 is 4.42 Å². The highest BCUT2D eigenvalue weighted by Gasteiger charge is 2.07. The number of furan rings is 1. The normalized spacial score (nSPS) is 12.8. The van der Waals surface area contributed by atoms with Crippen molar-refractivity contribution < 1.29 is 4.42 Å². The quantitative estimate of drug-likeness (QED) is 0.832. The van der Waals surface area contributed by atoms with Crippen molar-refractivity contribution in [2.75, 3.05) is 13.6 Å². The Balaban J connectivity index is 2.42. The average Bonchev–Trinajstić information content (AvgIpc) is 2.50. The highest BCUT2D eigenvalue weighted by atomic mass is 79.9. The predicted octanol–water partition coefficient (Wildman–Crippen LogP) is 2.63. The summed E-state index contributed by atoms with van der Waals surface area (Å²) in [5.74, 6) is 0.961. The lowest BCUT2D eigenvalue weighted by atomic mass is 10.2. The molecule has 14 heavy (non-hydrogen) atoms. The summed E-state index contributed by atoms with van der Waals surface area (Å²) in [6.07, 6.45) is 0. The van der Waals surface area contributed by atoms with E-state index in [4.69, 9.17) is 9.68 Å². The van der Waals surface area contributed by atoms with E-state index in [1.165, 1.54) is 0 Å². The molecule has 0 saturated carbocycles. The number of hydrogen-bond acceptors (Lipinski definition) is 3. The van der Waals surface area contributed by atoms with Crippen LogP contribution in [0.1, 0.15) is 12.7 Å². The van der Waals surface area contributed by atoms with Gasteiger partial charge in [-0.05, 0) is 42.0 Å². The second-order valence-corrected chi connectivity index (χ2v) is 4.21. The van der Waals surface area contributed by atoms with Gasteiger partial charge in [-0.3, -0.25) is 4.90 Å². The van der Waals surface area contributed by atoms with Crippen LogP contribution in [0.4, 0.5) is 0 Å². The molecular weight excluding hydrogens is 244 g/mol. The van der Waals surface area contributed by atoms with E-state index >= 15 is 0 Å². The smallest absolute Gasteiger partial charge is 0.169 e. The van der Waals surface area contributed by atoms with Gasteiger partial charge in [-0.2, -0.15) is 5.26 Å². The predicted molar refractivity (Wildman–Crippen MR) is 57.5 cm³/mol. The summed E-state index contributed by atoms with van der Waals surface area (Å²) in [7, 11) is 1.98. The molecule has 0 bridgehead atoms. The van der Waals surface area contributed by atoms with Gasteiger partial charge in [0, 0.05) is 6.54 Å². The molecule has 4 heteroatoms. The summed E-state index contributed by atoms with van der Waals surface area (Å²) in [5.41, 5.74) is 0. The van der Waals surface area contributed by atoms with Crippen LogP contribution in [0, 0.1) is 17.2 Å². The van der Waals surface area contributed by atoms with E-state index in [2.05, 4.69) is 26.9 Å². The lowest BCUT2D eigenvalue weighted by molar-refractivity contribution is 0.274. The van der Waals surface area contributed by atoms with E-state index in [-0.39, 0.29) is 5.92 Å². The maximum absolute atomic E-state index is 8.65. The summed E-state index contributed by atoms with van der Waals surface area (Å²) in [4.78, 5) is 2.07. The molecule has 1 atom stereocenters. The van der Waals surface area contributed by atoms with E-state index in [1.807, 2.05) is 26.1 Å². The van der Waals surface area contributed by atoms with Gasteiger partial charge in [0.2, 0.25) is 0 Å². The van der Waals surface area contributed by atoms with Crippen molar-refractivity contribution in [3.8, 4) is 6.07 Å². The largest absolute Gasteiger partial charge is 0.453 e. The molecule has 1 aromatic heterocycles. The minimum Gasteiger partial charge on any atom is -0.453 e. The Kier molecular flexibility index (Phi) is 4.18. The Morgan fingerprint density at radius 2 is 2.36 bits per heavy atom. The van der Waals surface area contributed by atoms with Crippen molar-refractivity contribution in [2.24, 2.45) is 5.92 Å². The van der Waals surface area contributed by atoms with Crippen LogP contribution >= 0.6 is 15.9 Å². The van der Waals surface area contributed by atoms with Gasteiger partial charge in [-0.15, -0.1) is 0 Å². The SMILES string of the molecule is CC(C#N)CN(C)Cc1ccc(Br)o1. The molecule has 0 aliphatic rings. The van der Waals surface area contributed by atoms with Crippen LogP contribution in [0.15, 0.2) is 21.2 Å². The molecule has 1 unspecified atom stereocenters. The minimum atomic E-state index is 0.0541. The van der Waals surface area contributed by atoms with Crippen molar-refractivity contribution in [2.45, 2.75) is 13.5 Å². The summed E-state index contributed by atoms with van der Waals surface area (Å²) >= 11 is 3.25. The Labute approximate surface area is 92.4 Å². The Bertz CT molecular complexity index is 329. The molecule has 0 aromatic carbocycles. The van der Waals surface area contributed by atoms with Crippen LogP contribution < -0.4 is 0 Å². The summed E-state index contributed by atoms with van der Waals surface area (Å²) < 4.78 is 6.11. The third-order valence-corrected chi connectivity index (χ3v) is 2.29. The molecule has 0 saturated heterocycles. The van der Waals surface area contributed by atoms with Crippen molar-refractivity contribution in [3.05, 3.63) is 22.6 Å². The van der Waals surface area contributed by atoms with E-state index in [9.17, 15) is 0 Å². The Hall–Kier alpha value is -0.790. The molecule has 1 heterocycles. The first-order valence-electron chi connectivity index (χ1n) is 4.44. The van der Waals surface area contributed by atoms with Gasteiger partial charge in [-0.1, -0.05) is 0 Å². The van der Waals surface area contributed by atoms with Crippen molar-refractivity contribution in [3.63, 3.8) is 0 Å². The maximum atomic E-state index is 8.65. The highest BCUT2D eigenvalue weighted by Crippen LogP contribution is 2.15. The molecule has 0 amide bonds. The van der Waals surface area contributed by atoms with E-state index in [1.54, 1.807) is 0 Å². The van der Waals surface area contributed by atoms with Crippen LogP contribution in [-0.2, 0) is 6.54 Å². The lowest BCUT2D eigenvalue weighted by Gasteiger charge is -2.15. The fourth-order valence-electron chi connectivity index (χ4n) is 1.28. The first kappa shape index (κ1) is 11.3. The first-order chi connectivity index (χ1) is 6.61. The second-order valence-electron chi connectivity index (χ2n) is 3.43. The summed E-state index contributed by atoms with van der Waals surface area (Å²) in [6, 6.07) is 6.01. The first-order valence-corrected chi connectivity index (χ1v) is 5.23. The molecule has 0 fully saturated rings. The van der Waals surface area contributed by atoms with E-state index in [0.717, 1.165) is 23.5 Å². The number of rotatable bonds is 4. The Morgan fingerprint density at radius 3 is 2.86 bits per heavy atom. The molecule has 76 valence electrons. The number of nitrogens with zero attached hydrogens (tertiary/aromatic N) is 2. The molecule has 1 rings (SSSR count). The van der Waals surface area contributed by atoms with Gasteiger partial charge >= 0.3 is 0 Å². The van der Waals surface area contributed by atoms with Crippen LogP contribution in [0.25, 0.3) is 0 Å². The maximum Gasteiger partial charge on any atom is 0.169 e. The third kappa shape index (κ3) is 3.52. The van der Waals surface area contributed by atoms with Crippen molar-refractivity contribution in [1.29, 1.82) is 5.26 Å².